The maximum absolute atomic E-state index is 12.0. The molecule has 0 saturated carbocycles. The minimum atomic E-state index is -1.86. The van der Waals surface area contributed by atoms with Gasteiger partial charge in [-0.15, -0.1) is 0 Å². The number of rotatable bonds is 7. The first-order valence-electron chi connectivity index (χ1n) is 11.0. The molecular formula is C24H40O5Si. The van der Waals surface area contributed by atoms with E-state index in [2.05, 4.69) is 40.8 Å². The maximum Gasteiger partial charge on any atom is 0.311 e. The Morgan fingerprint density at radius 3 is 2.07 bits per heavy atom. The Labute approximate surface area is 183 Å². The molecule has 170 valence electrons. The van der Waals surface area contributed by atoms with E-state index in [1.807, 2.05) is 45.0 Å². The molecule has 0 spiro atoms. The first-order valence-corrected chi connectivity index (χ1v) is 13.9. The molecule has 1 aliphatic rings. The average molecular weight is 437 g/mol. The summed E-state index contributed by atoms with van der Waals surface area (Å²) in [5.41, 5.74) is 0.485. The van der Waals surface area contributed by atoms with Crippen molar-refractivity contribution in [3.8, 4) is 5.75 Å². The number of hydrogen-bond donors (Lipinski definition) is 0. The van der Waals surface area contributed by atoms with Crippen molar-refractivity contribution in [2.75, 3.05) is 6.61 Å². The highest BCUT2D eigenvalue weighted by molar-refractivity contribution is 6.74. The lowest BCUT2D eigenvalue weighted by molar-refractivity contribution is -0.153. The number of hydrogen-bond acceptors (Lipinski definition) is 5. The maximum atomic E-state index is 12.0. The monoisotopic (exact) mass is 436 g/mol. The van der Waals surface area contributed by atoms with Crippen molar-refractivity contribution >= 4 is 14.3 Å². The summed E-state index contributed by atoms with van der Waals surface area (Å²) < 4.78 is 24.1. The van der Waals surface area contributed by atoms with Crippen molar-refractivity contribution in [1.29, 1.82) is 0 Å². The summed E-state index contributed by atoms with van der Waals surface area (Å²) >= 11 is 0. The van der Waals surface area contributed by atoms with Gasteiger partial charge in [0.1, 0.15) is 5.75 Å². The standard InChI is InChI=1S/C24H40O5Si/c1-10-19-20(15-16-26-22(25)23(2,3)4)28-21(27-19)17-11-13-18(14-12-17)29-30(8,9)24(5,6)7/h11-14,19-21H,10,15-16H2,1-9H3/t19-,20+,21?/m1/s1. The lowest BCUT2D eigenvalue weighted by Gasteiger charge is -2.36. The zero-order valence-electron chi connectivity index (χ0n) is 20.2. The minimum absolute atomic E-state index is 0.00787. The number of carbonyl (C=O) groups excluding carboxylic acids is 1. The number of ether oxygens (including phenoxy) is 3. The Hall–Kier alpha value is -1.37. The third kappa shape index (κ3) is 6.31. The third-order valence-corrected chi connectivity index (χ3v) is 10.4. The van der Waals surface area contributed by atoms with Gasteiger partial charge in [0.15, 0.2) is 6.29 Å². The molecule has 1 unspecified atom stereocenters. The van der Waals surface area contributed by atoms with Crippen molar-refractivity contribution in [2.24, 2.45) is 5.41 Å². The van der Waals surface area contributed by atoms with Crippen LogP contribution < -0.4 is 4.43 Å². The number of carbonyl (C=O) groups is 1. The van der Waals surface area contributed by atoms with Crippen LogP contribution in [-0.2, 0) is 19.0 Å². The molecule has 1 fully saturated rings. The van der Waals surface area contributed by atoms with Gasteiger partial charge < -0.3 is 18.6 Å². The molecule has 0 aromatic heterocycles. The molecule has 0 aliphatic carbocycles. The Balaban J connectivity index is 1.96. The molecule has 1 heterocycles. The van der Waals surface area contributed by atoms with E-state index in [1.165, 1.54) is 0 Å². The van der Waals surface area contributed by atoms with Crippen molar-refractivity contribution in [3.63, 3.8) is 0 Å². The molecule has 30 heavy (non-hydrogen) atoms. The van der Waals surface area contributed by atoms with Crippen LogP contribution in [0.4, 0.5) is 0 Å². The van der Waals surface area contributed by atoms with Gasteiger partial charge in [-0.3, -0.25) is 4.79 Å². The van der Waals surface area contributed by atoms with Crippen LogP contribution in [0.15, 0.2) is 24.3 Å². The second-order valence-corrected chi connectivity index (χ2v) is 15.4. The summed E-state index contributed by atoms with van der Waals surface area (Å²) in [6.45, 7) is 19.2. The Kier molecular flexibility index (Phi) is 7.81. The van der Waals surface area contributed by atoms with Gasteiger partial charge in [0.05, 0.1) is 24.2 Å². The highest BCUT2D eigenvalue weighted by atomic mass is 28.4. The van der Waals surface area contributed by atoms with E-state index in [9.17, 15) is 4.79 Å². The van der Waals surface area contributed by atoms with Crippen molar-refractivity contribution in [3.05, 3.63) is 29.8 Å². The fourth-order valence-electron chi connectivity index (χ4n) is 2.92. The van der Waals surface area contributed by atoms with Crippen molar-refractivity contribution < 1.29 is 23.4 Å². The van der Waals surface area contributed by atoms with Crippen LogP contribution in [0.2, 0.25) is 18.1 Å². The molecule has 0 radical (unpaired) electrons. The first kappa shape index (κ1) is 24.9. The molecule has 1 aromatic rings. The van der Waals surface area contributed by atoms with Gasteiger partial charge in [-0.1, -0.05) is 39.8 Å². The van der Waals surface area contributed by atoms with Crippen LogP contribution in [0.25, 0.3) is 0 Å². The fraction of sp³-hybridized carbons (Fsp3) is 0.708. The predicted molar refractivity (Wildman–Crippen MR) is 122 cm³/mol. The number of benzene rings is 1. The smallest absolute Gasteiger partial charge is 0.311 e. The van der Waals surface area contributed by atoms with Crippen molar-refractivity contribution in [1.82, 2.24) is 0 Å². The summed E-state index contributed by atoms with van der Waals surface area (Å²) in [5, 5.41) is 0.154. The van der Waals surface area contributed by atoms with Gasteiger partial charge in [-0.25, -0.2) is 0 Å². The molecule has 0 bridgehead atoms. The molecule has 3 atom stereocenters. The summed E-state index contributed by atoms with van der Waals surface area (Å²) in [4.78, 5) is 12.0. The summed E-state index contributed by atoms with van der Waals surface area (Å²) in [7, 11) is -1.86. The van der Waals surface area contributed by atoms with E-state index in [4.69, 9.17) is 18.6 Å². The molecule has 0 N–H and O–H groups in total. The lowest BCUT2D eigenvalue weighted by Crippen LogP contribution is -2.43. The predicted octanol–water partition coefficient (Wildman–Crippen LogP) is 6.24. The second-order valence-electron chi connectivity index (χ2n) is 10.7. The Bertz CT molecular complexity index is 700. The molecular weight excluding hydrogens is 396 g/mol. The Morgan fingerprint density at radius 2 is 1.57 bits per heavy atom. The highest BCUT2D eigenvalue weighted by Crippen LogP contribution is 2.38. The van der Waals surface area contributed by atoms with Gasteiger partial charge in [-0.05, 0) is 57.5 Å². The van der Waals surface area contributed by atoms with E-state index < -0.39 is 20.0 Å². The van der Waals surface area contributed by atoms with E-state index in [0.29, 0.717) is 13.0 Å². The molecule has 1 aliphatic heterocycles. The summed E-state index contributed by atoms with van der Waals surface area (Å²) in [6, 6.07) is 8.04. The molecule has 5 nitrogen and oxygen atoms in total. The largest absolute Gasteiger partial charge is 0.544 e. The SMILES string of the molecule is CC[C@H]1OC(c2ccc(O[Si](C)(C)C(C)(C)C)cc2)O[C@H]1CCOC(=O)C(C)(C)C. The van der Waals surface area contributed by atoms with Gasteiger partial charge >= 0.3 is 5.97 Å². The van der Waals surface area contributed by atoms with Gasteiger partial charge in [0.25, 0.3) is 0 Å². The van der Waals surface area contributed by atoms with E-state index in [0.717, 1.165) is 17.7 Å². The zero-order valence-corrected chi connectivity index (χ0v) is 21.2. The van der Waals surface area contributed by atoms with Crippen LogP contribution in [0, 0.1) is 5.41 Å². The number of esters is 1. The van der Waals surface area contributed by atoms with Crippen LogP contribution in [0.1, 0.15) is 73.2 Å². The fourth-order valence-corrected chi connectivity index (χ4v) is 3.95. The summed E-state index contributed by atoms with van der Waals surface area (Å²) in [5.74, 6) is 0.698. The van der Waals surface area contributed by atoms with Crippen LogP contribution >= 0.6 is 0 Å². The highest BCUT2D eigenvalue weighted by Gasteiger charge is 2.39. The van der Waals surface area contributed by atoms with Crippen molar-refractivity contribution in [2.45, 2.75) is 97.9 Å². The Morgan fingerprint density at radius 1 is 1.00 bits per heavy atom. The van der Waals surface area contributed by atoms with E-state index >= 15 is 0 Å². The third-order valence-electron chi connectivity index (χ3n) is 5.99. The summed E-state index contributed by atoms with van der Waals surface area (Å²) in [6.07, 6.45) is 0.979. The zero-order chi connectivity index (χ0) is 22.7. The van der Waals surface area contributed by atoms with Gasteiger partial charge in [-0.2, -0.15) is 0 Å². The molecule has 6 heteroatoms. The average Bonchev–Trinajstić information content (AvgIpc) is 3.03. The molecule has 1 aromatic carbocycles. The molecule has 1 saturated heterocycles. The minimum Gasteiger partial charge on any atom is -0.544 e. The topological polar surface area (TPSA) is 54.0 Å². The lowest BCUT2D eigenvalue weighted by atomic mass is 9.97. The van der Waals surface area contributed by atoms with Gasteiger partial charge in [0.2, 0.25) is 8.32 Å². The normalized spacial score (nSPS) is 22.8. The van der Waals surface area contributed by atoms with Crippen LogP contribution in [0.3, 0.4) is 0 Å². The second kappa shape index (κ2) is 9.41. The molecule has 0 amide bonds. The van der Waals surface area contributed by atoms with Gasteiger partial charge in [0, 0.05) is 12.0 Å². The quantitative estimate of drug-likeness (QED) is 0.374. The molecule has 2 rings (SSSR count). The van der Waals surface area contributed by atoms with Crippen LogP contribution in [-0.4, -0.2) is 33.1 Å². The van der Waals surface area contributed by atoms with E-state index in [-0.39, 0.29) is 23.2 Å². The van der Waals surface area contributed by atoms with E-state index in [1.54, 1.807) is 0 Å². The van der Waals surface area contributed by atoms with Crippen LogP contribution in [0.5, 0.6) is 5.75 Å². The first-order chi connectivity index (χ1) is 13.7.